The number of benzene rings is 1. The number of aliphatic hydroxyl groups excluding tert-OH is 2. The Morgan fingerprint density at radius 3 is 2.53 bits per heavy atom. The molecule has 0 amide bonds. The van der Waals surface area contributed by atoms with Crippen LogP contribution in [0.2, 0.25) is 0 Å². The summed E-state index contributed by atoms with van der Waals surface area (Å²) in [7, 11) is 0. The number of hydrogen-bond acceptors (Lipinski definition) is 5. The monoisotopic (exact) mass is 241 g/mol. The normalized spacial score (nSPS) is 14.3. The molecule has 94 valence electrons. The van der Waals surface area contributed by atoms with Gasteiger partial charge in [-0.2, -0.15) is 0 Å². The lowest BCUT2D eigenvalue weighted by Gasteiger charge is -2.18. The fourth-order valence-corrected chi connectivity index (χ4v) is 1.46. The number of carboxylic acid groups (broad SMARTS) is 1. The molecule has 0 aliphatic rings. The quantitative estimate of drug-likeness (QED) is 0.487. The second-order valence-electron chi connectivity index (χ2n) is 3.67. The maximum atomic E-state index is 10.7. The van der Waals surface area contributed by atoms with Crippen molar-refractivity contribution in [2.24, 2.45) is 5.73 Å². The summed E-state index contributed by atoms with van der Waals surface area (Å²) in [5.74, 6) is -1.44. The lowest BCUT2D eigenvalue weighted by atomic mass is 9.99. The molecule has 0 radical (unpaired) electrons. The molecule has 0 aliphatic heterocycles. The van der Waals surface area contributed by atoms with Gasteiger partial charge in [-0.05, 0) is 31.2 Å². The number of carboxylic acids is 1. The summed E-state index contributed by atoms with van der Waals surface area (Å²) in [6, 6.07) is 3.50. The molecule has 0 aromatic heterocycles. The third kappa shape index (κ3) is 3.16. The van der Waals surface area contributed by atoms with Gasteiger partial charge in [0.05, 0.1) is 11.7 Å². The van der Waals surface area contributed by atoms with Gasteiger partial charge in [-0.1, -0.05) is 0 Å². The Bertz CT molecular complexity index is 407. The molecular formula is C11H15NO5. The van der Waals surface area contributed by atoms with Gasteiger partial charge < -0.3 is 26.2 Å². The molecule has 0 saturated carbocycles. The second-order valence-corrected chi connectivity index (χ2v) is 3.67. The van der Waals surface area contributed by atoms with Crippen molar-refractivity contribution < 1.29 is 25.2 Å². The van der Waals surface area contributed by atoms with E-state index in [-0.39, 0.29) is 29.8 Å². The predicted molar refractivity (Wildman–Crippen MR) is 59.7 cm³/mol. The van der Waals surface area contributed by atoms with Crippen molar-refractivity contribution in [2.45, 2.75) is 18.6 Å². The minimum atomic E-state index is -1.36. The van der Waals surface area contributed by atoms with Gasteiger partial charge >= 0.3 is 5.97 Å². The largest absolute Gasteiger partial charge is 0.508 e. The number of aliphatic hydroxyl groups is 2. The Balaban J connectivity index is 3.03. The van der Waals surface area contributed by atoms with Gasteiger partial charge in [0, 0.05) is 5.56 Å². The van der Waals surface area contributed by atoms with Crippen LogP contribution < -0.4 is 5.73 Å². The van der Waals surface area contributed by atoms with Crippen molar-refractivity contribution in [3.05, 3.63) is 29.3 Å². The summed E-state index contributed by atoms with van der Waals surface area (Å²) in [5, 5.41) is 37.6. The highest BCUT2D eigenvalue weighted by molar-refractivity contribution is 5.88. The predicted octanol–water partition coefficient (Wildman–Crippen LogP) is -0.167. The van der Waals surface area contributed by atoms with Gasteiger partial charge in [-0.15, -0.1) is 0 Å². The van der Waals surface area contributed by atoms with Crippen LogP contribution in [0.1, 0.15) is 28.4 Å². The van der Waals surface area contributed by atoms with E-state index in [1.54, 1.807) is 0 Å². The van der Waals surface area contributed by atoms with Crippen LogP contribution in [0, 0.1) is 0 Å². The molecule has 0 heterocycles. The van der Waals surface area contributed by atoms with E-state index in [1.807, 2.05) is 0 Å². The molecular weight excluding hydrogens is 226 g/mol. The van der Waals surface area contributed by atoms with Crippen molar-refractivity contribution in [1.82, 2.24) is 0 Å². The first-order chi connectivity index (χ1) is 7.97. The lowest BCUT2D eigenvalue weighted by Crippen LogP contribution is -2.22. The first kappa shape index (κ1) is 13.4. The van der Waals surface area contributed by atoms with Gasteiger partial charge in [-0.25, -0.2) is 4.79 Å². The number of phenolic OH excluding ortho intramolecular Hbond substituents is 1. The summed E-state index contributed by atoms with van der Waals surface area (Å²) >= 11 is 0. The van der Waals surface area contributed by atoms with Crippen molar-refractivity contribution in [1.29, 1.82) is 0 Å². The maximum Gasteiger partial charge on any atom is 0.335 e. The molecule has 17 heavy (non-hydrogen) atoms. The Hall–Kier alpha value is -1.63. The van der Waals surface area contributed by atoms with Crippen LogP contribution in [-0.4, -0.2) is 39.0 Å². The number of aromatic carboxylic acids is 1. The molecule has 1 aromatic carbocycles. The van der Waals surface area contributed by atoms with Crippen LogP contribution in [-0.2, 0) is 0 Å². The highest BCUT2D eigenvalue weighted by Gasteiger charge is 2.21. The topological polar surface area (TPSA) is 124 Å². The van der Waals surface area contributed by atoms with Crippen LogP contribution in [0.25, 0.3) is 0 Å². The van der Waals surface area contributed by atoms with Crippen LogP contribution in [0.4, 0.5) is 0 Å². The zero-order valence-electron chi connectivity index (χ0n) is 9.08. The van der Waals surface area contributed by atoms with Gasteiger partial charge in [0.1, 0.15) is 11.9 Å². The third-order valence-electron chi connectivity index (χ3n) is 2.42. The average molecular weight is 241 g/mol. The number of nitrogens with two attached hydrogens (primary N) is 1. The molecule has 0 saturated heterocycles. The van der Waals surface area contributed by atoms with Crippen LogP contribution in [0.5, 0.6) is 5.75 Å². The average Bonchev–Trinajstić information content (AvgIpc) is 2.28. The van der Waals surface area contributed by atoms with Gasteiger partial charge in [-0.3, -0.25) is 0 Å². The van der Waals surface area contributed by atoms with Crippen LogP contribution in [0.15, 0.2) is 18.2 Å². The summed E-state index contributed by atoms with van der Waals surface area (Å²) in [5.41, 5.74) is 5.14. The summed E-state index contributed by atoms with van der Waals surface area (Å²) in [4.78, 5) is 10.7. The molecule has 0 spiro atoms. The number of rotatable bonds is 5. The van der Waals surface area contributed by atoms with E-state index in [9.17, 15) is 20.1 Å². The minimum Gasteiger partial charge on any atom is -0.508 e. The van der Waals surface area contributed by atoms with Crippen LogP contribution in [0.3, 0.4) is 0 Å². The maximum absolute atomic E-state index is 10.7. The highest BCUT2D eigenvalue weighted by atomic mass is 16.4. The molecule has 2 atom stereocenters. The minimum absolute atomic E-state index is 0.0224. The van der Waals surface area contributed by atoms with Crippen LogP contribution >= 0.6 is 0 Å². The Morgan fingerprint density at radius 2 is 2.00 bits per heavy atom. The zero-order valence-corrected chi connectivity index (χ0v) is 9.08. The zero-order chi connectivity index (χ0) is 13.0. The lowest BCUT2D eigenvalue weighted by molar-refractivity contribution is 0.0136. The Kier molecular flexibility index (Phi) is 4.45. The fraction of sp³-hybridized carbons (Fsp3) is 0.364. The van der Waals surface area contributed by atoms with Gasteiger partial charge in [0.2, 0.25) is 0 Å². The summed E-state index contributed by atoms with van der Waals surface area (Å²) < 4.78 is 0. The van der Waals surface area contributed by atoms with Crippen molar-refractivity contribution in [2.75, 3.05) is 6.54 Å². The number of carbonyl (C=O) groups is 1. The molecule has 1 rings (SSSR count). The van der Waals surface area contributed by atoms with E-state index in [4.69, 9.17) is 10.8 Å². The number of phenols is 1. The smallest absolute Gasteiger partial charge is 0.335 e. The van der Waals surface area contributed by atoms with Crippen molar-refractivity contribution in [3.63, 3.8) is 0 Å². The van der Waals surface area contributed by atoms with Gasteiger partial charge in [0.25, 0.3) is 0 Å². The van der Waals surface area contributed by atoms with E-state index in [0.29, 0.717) is 0 Å². The van der Waals surface area contributed by atoms with Crippen molar-refractivity contribution >= 4 is 5.97 Å². The Morgan fingerprint density at radius 1 is 1.35 bits per heavy atom. The van der Waals surface area contributed by atoms with Crippen molar-refractivity contribution in [3.8, 4) is 5.75 Å². The first-order valence-electron chi connectivity index (χ1n) is 5.09. The molecule has 0 aliphatic carbocycles. The molecule has 2 unspecified atom stereocenters. The third-order valence-corrected chi connectivity index (χ3v) is 2.42. The molecule has 6 N–H and O–H groups in total. The fourth-order valence-electron chi connectivity index (χ4n) is 1.46. The second kappa shape index (κ2) is 5.62. The number of hydrogen-bond donors (Lipinski definition) is 5. The van der Waals surface area contributed by atoms with E-state index < -0.39 is 18.2 Å². The first-order valence-corrected chi connectivity index (χ1v) is 5.09. The van der Waals surface area contributed by atoms with E-state index in [1.165, 1.54) is 6.07 Å². The molecule has 0 fully saturated rings. The Labute approximate surface area is 97.9 Å². The van der Waals surface area contributed by atoms with E-state index >= 15 is 0 Å². The molecule has 1 aromatic rings. The summed E-state index contributed by atoms with van der Waals surface area (Å²) in [6.45, 7) is 0.178. The molecule has 6 heteroatoms. The van der Waals surface area contributed by atoms with E-state index in [0.717, 1.165) is 12.1 Å². The highest BCUT2D eigenvalue weighted by Crippen LogP contribution is 2.28. The molecule has 6 nitrogen and oxygen atoms in total. The molecule has 0 bridgehead atoms. The van der Waals surface area contributed by atoms with E-state index in [2.05, 4.69) is 0 Å². The SMILES string of the molecule is NCCC(O)C(O)c1cc(C(=O)O)ccc1O. The number of aromatic hydroxyl groups is 1. The van der Waals surface area contributed by atoms with Gasteiger partial charge in [0.15, 0.2) is 0 Å². The summed E-state index contributed by atoms with van der Waals surface area (Å²) in [6.07, 6.45) is -2.36. The standard InChI is InChI=1S/C11H15NO5/c12-4-3-9(14)10(15)7-5-6(11(16)17)1-2-8(7)13/h1-2,5,9-10,13-15H,3-4,12H2,(H,16,17).